The first-order chi connectivity index (χ1) is 8.40. The van der Waals surface area contributed by atoms with Gasteiger partial charge in [-0.1, -0.05) is 33.3 Å². The average molecular weight is 266 g/mol. The molecule has 0 aliphatic carbocycles. The number of nitrogens with one attached hydrogen (secondary N) is 1. The molecule has 0 unspecified atom stereocenters. The molecule has 18 heavy (non-hydrogen) atoms. The highest BCUT2D eigenvalue weighted by atomic mass is 32.1. The van der Waals surface area contributed by atoms with E-state index < -0.39 is 0 Å². The topological polar surface area (TPSA) is 24.9 Å². The molecule has 0 atom stereocenters. The summed E-state index contributed by atoms with van der Waals surface area (Å²) in [4.78, 5) is 5.79. The fraction of sp³-hybridized carbons (Fsp3) is 0.667. The lowest BCUT2D eigenvalue weighted by Crippen LogP contribution is -2.23. The van der Waals surface area contributed by atoms with Crippen molar-refractivity contribution in [2.45, 2.75) is 41.5 Å². The third kappa shape index (κ3) is 4.91. The third-order valence-corrected chi connectivity index (χ3v) is 3.90. The predicted octanol–water partition coefficient (Wildman–Crippen LogP) is 4.04. The zero-order chi connectivity index (χ0) is 13.7. The van der Waals surface area contributed by atoms with Gasteiger partial charge in [-0.05, 0) is 38.3 Å². The Morgan fingerprint density at radius 3 is 2.39 bits per heavy atom. The van der Waals surface area contributed by atoms with Crippen molar-refractivity contribution < 1.29 is 0 Å². The van der Waals surface area contributed by atoms with E-state index in [1.54, 1.807) is 11.3 Å². The smallest absolute Gasteiger partial charge is 0.0903 e. The van der Waals surface area contributed by atoms with Crippen LogP contribution in [0.25, 0.3) is 6.08 Å². The van der Waals surface area contributed by atoms with Crippen molar-refractivity contribution in [2.24, 2.45) is 11.8 Å². The van der Waals surface area contributed by atoms with E-state index in [1.165, 1.54) is 10.5 Å². The van der Waals surface area contributed by atoms with E-state index in [9.17, 15) is 0 Å². The molecule has 1 heterocycles. The van der Waals surface area contributed by atoms with Gasteiger partial charge in [0.05, 0.1) is 15.6 Å². The number of hydrogen-bond acceptors (Lipinski definition) is 3. The Bertz CT molecular complexity index is 403. The molecule has 0 aliphatic rings. The van der Waals surface area contributed by atoms with Crippen LogP contribution >= 0.6 is 11.3 Å². The molecule has 1 N–H and O–H groups in total. The maximum absolute atomic E-state index is 4.49. The highest BCUT2D eigenvalue weighted by Crippen LogP contribution is 2.22. The second kappa shape index (κ2) is 7.05. The molecule has 0 amide bonds. The summed E-state index contributed by atoms with van der Waals surface area (Å²) in [5.74, 6) is 1.28. The van der Waals surface area contributed by atoms with Gasteiger partial charge in [0.2, 0.25) is 0 Å². The van der Waals surface area contributed by atoms with Gasteiger partial charge in [0.15, 0.2) is 0 Å². The second-order valence-corrected chi connectivity index (χ2v) is 6.82. The lowest BCUT2D eigenvalue weighted by molar-refractivity contribution is 0.558. The molecule has 1 aromatic heterocycles. The van der Waals surface area contributed by atoms with Gasteiger partial charge in [0.1, 0.15) is 0 Å². The Labute approximate surface area is 116 Å². The van der Waals surface area contributed by atoms with Crippen LogP contribution in [0.3, 0.4) is 0 Å². The number of aryl methyl sites for hydroxylation is 2. The molecule has 1 rings (SSSR count). The van der Waals surface area contributed by atoms with Crippen molar-refractivity contribution >= 4 is 17.4 Å². The van der Waals surface area contributed by atoms with E-state index in [-0.39, 0.29) is 0 Å². The van der Waals surface area contributed by atoms with Crippen LogP contribution < -0.4 is 5.32 Å². The number of hydrogen-bond donors (Lipinski definition) is 1. The molecular formula is C15H26N2S. The highest BCUT2D eigenvalue weighted by Gasteiger charge is 2.07. The minimum Gasteiger partial charge on any atom is -0.313 e. The number of rotatable bonds is 6. The fourth-order valence-corrected chi connectivity index (χ4v) is 2.68. The molecule has 0 saturated carbocycles. The van der Waals surface area contributed by atoms with Gasteiger partial charge in [0, 0.05) is 6.54 Å². The lowest BCUT2D eigenvalue weighted by Gasteiger charge is -2.14. The molecule has 0 spiro atoms. The summed E-state index contributed by atoms with van der Waals surface area (Å²) in [5, 5.41) is 4.68. The van der Waals surface area contributed by atoms with Crippen molar-refractivity contribution in [2.75, 3.05) is 13.1 Å². The quantitative estimate of drug-likeness (QED) is 0.840. The second-order valence-electron chi connectivity index (χ2n) is 5.58. The number of aromatic nitrogens is 1. The zero-order valence-electron chi connectivity index (χ0n) is 12.5. The SMILES string of the molecule is Cc1nc(C)c(C=C(CNCC(C)C)C(C)C)s1. The molecule has 0 radical (unpaired) electrons. The molecule has 0 bridgehead atoms. The molecule has 0 fully saturated rings. The monoisotopic (exact) mass is 266 g/mol. The van der Waals surface area contributed by atoms with E-state index in [0.29, 0.717) is 11.8 Å². The van der Waals surface area contributed by atoms with Crippen LogP contribution in [0.15, 0.2) is 5.57 Å². The predicted molar refractivity (Wildman–Crippen MR) is 82.1 cm³/mol. The van der Waals surface area contributed by atoms with Gasteiger partial charge in [-0.3, -0.25) is 0 Å². The first-order valence-corrected chi connectivity index (χ1v) is 7.57. The molecule has 3 heteroatoms. The van der Waals surface area contributed by atoms with Crippen LogP contribution in [0.2, 0.25) is 0 Å². The van der Waals surface area contributed by atoms with Crippen LogP contribution in [0.5, 0.6) is 0 Å². The first-order valence-electron chi connectivity index (χ1n) is 6.75. The van der Waals surface area contributed by atoms with Crippen molar-refractivity contribution in [1.82, 2.24) is 10.3 Å². The summed E-state index contributed by atoms with van der Waals surface area (Å²) in [6.07, 6.45) is 2.32. The summed E-state index contributed by atoms with van der Waals surface area (Å²) in [7, 11) is 0. The van der Waals surface area contributed by atoms with Gasteiger partial charge in [-0.2, -0.15) is 0 Å². The highest BCUT2D eigenvalue weighted by molar-refractivity contribution is 7.12. The van der Waals surface area contributed by atoms with Crippen LogP contribution in [0.1, 0.15) is 43.3 Å². The zero-order valence-corrected chi connectivity index (χ0v) is 13.3. The number of nitrogens with zero attached hydrogens (tertiary/aromatic N) is 1. The Hall–Kier alpha value is -0.670. The Kier molecular flexibility index (Phi) is 6.03. The normalized spacial score (nSPS) is 12.8. The van der Waals surface area contributed by atoms with Crippen molar-refractivity contribution in [3.8, 4) is 0 Å². The maximum atomic E-state index is 4.49. The minimum atomic E-state index is 0.575. The third-order valence-electron chi connectivity index (χ3n) is 2.88. The maximum Gasteiger partial charge on any atom is 0.0903 e. The molecule has 0 saturated heterocycles. The van der Waals surface area contributed by atoms with E-state index in [4.69, 9.17) is 0 Å². The van der Waals surface area contributed by atoms with E-state index in [2.05, 4.69) is 57.9 Å². The van der Waals surface area contributed by atoms with Crippen molar-refractivity contribution in [3.63, 3.8) is 0 Å². The standard InChI is InChI=1S/C15H26N2S/c1-10(2)8-16-9-14(11(3)4)7-15-12(5)17-13(6)18-15/h7,10-11,16H,8-9H2,1-6H3. The summed E-state index contributed by atoms with van der Waals surface area (Å²) >= 11 is 1.78. The first kappa shape index (κ1) is 15.4. The molecule has 102 valence electrons. The number of thiazole rings is 1. The van der Waals surface area contributed by atoms with Gasteiger partial charge in [-0.15, -0.1) is 11.3 Å². The van der Waals surface area contributed by atoms with Crippen LogP contribution in [0.4, 0.5) is 0 Å². The molecular weight excluding hydrogens is 240 g/mol. The van der Waals surface area contributed by atoms with Gasteiger partial charge in [-0.25, -0.2) is 4.98 Å². The van der Waals surface area contributed by atoms with E-state index in [1.807, 2.05) is 0 Å². The molecule has 2 nitrogen and oxygen atoms in total. The Morgan fingerprint density at radius 1 is 1.28 bits per heavy atom. The summed E-state index contributed by atoms with van der Waals surface area (Å²) in [6, 6.07) is 0. The van der Waals surface area contributed by atoms with Gasteiger partial charge in [0.25, 0.3) is 0 Å². The van der Waals surface area contributed by atoms with Crippen LogP contribution in [-0.2, 0) is 0 Å². The average Bonchev–Trinajstić information content (AvgIpc) is 2.55. The van der Waals surface area contributed by atoms with Crippen LogP contribution in [0, 0.1) is 25.7 Å². The molecule has 0 aliphatic heterocycles. The van der Waals surface area contributed by atoms with Crippen LogP contribution in [-0.4, -0.2) is 18.1 Å². The summed E-state index contributed by atoms with van der Waals surface area (Å²) < 4.78 is 0. The van der Waals surface area contributed by atoms with Crippen molar-refractivity contribution in [3.05, 3.63) is 21.2 Å². The Balaban J connectivity index is 2.75. The minimum absolute atomic E-state index is 0.575. The van der Waals surface area contributed by atoms with Gasteiger partial charge < -0.3 is 5.32 Å². The summed E-state index contributed by atoms with van der Waals surface area (Å²) in [5.41, 5.74) is 2.61. The Morgan fingerprint density at radius 2 is 1.94 bits per heavy atom. The summed E-state index contributed by atoms with van der Waals surface area (Å²) in [6.45, 7) is 15.2. The van der Waals surface area contributed by atoms with E-state index >= 15 is 0 Å². The van der Waals surface area contributed by atoms with E-state index in [0.717, 1.165) is 23.8 Å². The lowest BCUT2D eigenvalue weighted by atomic mass is 10.0. The van der Waals surface area contributed by atoms with Gasteiger partial charge >= 0.3 is 0 Å². The van der Waals surface area contributed by atoms with Crippen molar-refractivity contribution in [1.29, 1.82) is 0 Å². The fourth-order valence-electron chi connectivity index (χ4n) is 1.78. The molecule has 1 aromatic rings. The largest absolute Gasteiger partial charge is 0.313 e. The molecule has 0 aromatic carbocycles.